The van der Waals surface area contributed by atoms with Crippen LogP contribution < -0.4 is 0 Å². The van der Waals surface area contributed by atoms with Crippen LogP contribution in [0.2, 0.25) is 0 Å². The van der Waals surface area contributed by atoms with E-state index in [4.69, 9.17) is 0 Å². The van der Waals surface area contributed by atoms with Gasteiger partial charge < -0.3 is 9.80 Å². The maximum absolute atomic E-state index is 12.6. The summed E-state index contributed by atoms with van der Waals surface area (Å²) >= 11 is 0. The van der Waals surface area contributed by atoms with Gasteiger partial charge in [-0.15, -0.1) is 0 Å². The molecule has 0 aliphatic carbocycles. The Hall–Kier alpha value is -2.63. The van der Waals surface area contributed by atoms with Crippen LogP contribution >= 0.6 is 0 Å². The number of aromatic nitrogens is 2. The van der Waals surface area contributed by atoms with Crippen LogP contribution in [0.5, 0.6) is 0 Å². The standard InChI is InChI=1S/C17H20N4O2/c1-14(22)19-8-5-9-20(11-10-19)17(23)15-12-18-21(13-15)16-6-3-2-4-7-16/h2-4,6-7,12-13H,5,8-11H2,1H3. The highest BCUT2D eigenvalue weighted by atomic mass is 16.2. The van der Waals surface area contributed by atoms with Crippen LogP contribution in [0.15, 0.2) is 42.7 Å². The summed E-state index contributed by atoms with van der Waals surface area (Å²) in [5, 5.41) is 4.27. The van der Waals surface area contributed by atoms with Gasteiger partial charge in [0.25, 0.3) is 5.91 Å². The number of rotatable bonds is 2. The molecule has 0 unspecified atom stereocenters. The van der Waals surface area contributed by atoms with Gasteiger partial charge in [0.15, 0.2) is 0 Å². The lowest BCUT2D eigenvalue weighted by molar-refractivity contribution is -0.128. The Morgan fingerprint density at radius 3 is 2.43 bits per heavy atom. The van der Waals surface area contributed by atoms with E-state index in [-0.39, 0.29) is 11.8 Å². The molecular weight excluding hydrogens is 292 g/mol. The molecule has 23 heavy (non-hydrogen) atoms. The number of benzene rings is 1. The molecule has 0 saturated carbocycles. The number of para-hydroxylation sites is 1. The van der Waals surface area contributed by atoms with Crippen LogP contribution in [0.1, 0.15) is 23.7 Å². The Kier molecular flexibility index (Phi) is 4.41. The molecule has 1 aromatic heterocycles. The van der Waals surface area contributed by atoms with Gasteiger partial charge in [0.05, 0.1) is 17.4 Å². The van der Waals surface area contributed by atoms with E-state index >= 15 is 0 Å². The Morgan fingerprint density at radius 1 is 1.00 bits per heavy atom. The first-order valence-electron chi connectivity index (χ1n) is 7.80. The summed E-state index contributed by atoms with van der Waals surface area (Å²) in [6.45, 7) is 4.10. The topological polar surface area (TPSA) is 58.4 Å². The lowest BCUT2D eigenvalue weighted by atomic mass is 10.3. The van der Waals surface area contributed by atoms with Crippen molar-refractivity contribution in [1.29, 1.82) is 0 Å². The first-order valence-corrected chi connectivity index (χ1v) is 7.80. The molecule has 1 aliphatic rings. The maximum atomic E-state index is 12.6. The van der Waals surface area contributed by atoms with Gasteiger partial charge in [-0.1, -0.05) is 18.2 Å². The third-order valence-electron chi connectivity index (χ3n) is 4.08. The maximum Gasteiger partial charge on any atom is 0.257 e. The molecule has 0 radical (unpaired) electrons. The minimum atomic E-state index is -0.0300. The Morgan fingerprint density at radius 2 is 1.70 bits per heavy atom. The molecule has 1 aromatic carbocycles. The van der Waals surface area contributed by atoms with E-state index in [1.165, 1.54) is 0 Å². The molecule has 0 bridgehead atoms. The SMILES string of the molecule is CC(=O)N1CCCN(C(=O)c2cnn(-c3ccccc3)c2)CC1. The highest BCUT2D eigenvalue weighted by Crippen LogP contribution is 2.12. The monoisotopic (exact) mass is 312 g/mol. The van der Waals surface area contributed by atoms with Gasteiger partial charge in [-0.2, -0.15) is 5.10 Å². The van der Waals surface area contributed by atoms with Gasteiger partial charge in [0.1, 0.15) is 0 Å². The van der Waals surface area contributed by atoms with Crippen molar-refractivity contribution < 1.29 is 9.59 Å². The molecule has 6 nitrogen and oxygen atoms in total. The fraction of sp³-hybridized carbons (Fsp3) is 0.353. The van der Waals surface area contributed by atoms with Crippen molar-refractivity contribution in [2.45, 2.75) is 13.3 Å². The second-order valence-corrected chi connectivity index (χ2v) is 5.66. The number of hydrogen-bond acceptors (Lipinski definition) is 3. The van der Waals surface area contributed by atoms with Gasteiger partial charge in [-0.25, -0.2) is 4.68 Å². The fourth-order valence-electron chi connectivity index (χ4n) is 2.77. The third kappa shape index (κ3) is 3.41. The van der Waals surface area contributed by atoms with E-state index in [9.17, 15) is 9.59 Å². The van der Waals surface area contributed by atoms with E-state index in [0.29, 0.717) is 31.7 Å². The zero-order valence-electron chi connectivity index (χ0n) is 13.2. The van der Waals surface area contributed by atoms with Crippen molar-refractivity contribution in [3.8, 4) is 5.69 Å². The van der Waals surface area contributed by atoms with Crippen LogP contribution in [-0.4, -0.2) is 57.6 Å². The highest BCUT2D eigenvalue weighted by Gasteiger charge is 2.22. The number of carbonyl (C=O) groups excluding carboxylic acids is 2. The highest BCUT2D eigenvalue weighted by molar-refractivity contribution is 5.93. The average molecular weight is 312 g/mol. The van der Waals surface area contributed by atoms with Crippen LogP contribution in [0.25, 0.3) is 5.69 Å². The lowest BCUT2D eigenvalue weighted by Gasteiger charge is -2.20. The molecule has 2 amide bonds. The number of carbonyl (C=O) groups is 2. The molecule has 1 fully saturated rings. The van der Waals surface area contributed by atoms with Gasteiger partial charge in [0, 0.05) is 39.3 Å². The van der Waals surface area contributed by atoms with E-state index in [0.717, 1.165) is 12.1 Å². The molecule has 2 heterocycles. The third-order valence-corrected chi connectivity index (χ3v) is 4.08. The van der Waals surface area contributed by atoms with Gasteiger partial charge in [-0.3, -0.25) is 9.59 Å². The summed E-state index contributed by atoms with van der Waals surface area (Å²) in [5.41, 5.74) is 1.50. The average Bonchev–Trinajstić information content (AvgIpc) is 2.92. The molecule has 1 aliphatic heterocycles. The molecule has 0 N–H and O–H groups in total. The molecule has 0 spiro atoms. The largest absolute Gasteiger partial charge is 0.341 e. The minimum absolute atomic E-state index is 0.0300. The molecule has 6 heteroatoms. The quantitative estimate of drug-likeness (QED) is 0.846. The van der Waals surface area contributed by atoms with Crippen molar-refractivity contribution in [2.24, 2.45) is 0 Å². The summed E-state index contributed by atoms with van der Waals surface area (Å²) in [5.74, 6) is 0.0359. The first kappa shape index (κ1) is 15.3. The summed E-state index contributed by atoms with van der Waals surface area (Å²) in [6, 6.07) is 9.69. The van der Waals surface area contributed by atoms with Crippen molar-refractivity contribution in [2.75, 3.05) is 26.2 Å². The van der Waals surface area contributed by atoms with Gasteiger partial charge >= 0.3 is 0 Å². The minimum Gasteiger partial charge on any atom is -0.341 e. The fourth-order valence-corrected chi connectivity index (χ4v) is 2.77. The van der Waals surface area contributed by atoms with E-state index in [1.54, 1.807) is 33.8 Å². The van der Waals surface area contributed by atoms with Gasteiger partial charge in [-0.05, 0) is 18.6 Å². The molecule has 1 saturated heterocycles. The van der Waals surface area contributed by atoms with Crippen molar-refractivity contribution in [3.05, 3.63) is 48.3 Å². The summed E-state index contributed by atoms with van der Waals surface area (Å²) in [7, 11) is 0. The van der Waals surface area contributed by atoms with Crippen LogP contribution in [-0.2, 0) is 4.79 Å². The molecule has 3 rings (SSSR count). The van der Waals surface area contributed by atoms with E-state index in [1.807, 2.05) is 30.3 Å². The molecule has 2 aromatic rings. The zero-order chi connectivity index (χ0) is 16.2. The summed E-state index contributed by atoms with van der Waals surface area (Å²) < 4.78 is 1.70. The predicted molar refractivity (Wildman–Crippen MR) is 86.3 cm³/mol. The number of nitrogens with zero attached hydrogens (tertiary/aromatic N) is 4. The molecule has 0 atom stereocenters. The van der Waals surface area contributed by atoms with Crippen molar-refractivity contribution in [1.82, 2.24) is 19.6 Å². The van der Waals surface area contributed by atoms with E-state index < -0.39 is 0 Å². The Bertz CT molecular complexity index is 696. The van der Waals surface area contributed by atoms with Gasteiger partial charge in [0.2, 0.25) is 5.91 Å². The lowest BCUT2D eigenvalue weighted by Crippen LogP contribution is -2.36. The molecular formula is C17H20N4O2. The normalized spacial score (nSPS) is 15.3. The second kappa shape index (κ2) is 6.64. The number of amides is 2. The first-order chi connectivity index (χ1) is 11.1. The Labute approximate surface area is 135 Å². The summed E-state index contributed by atoms with van der Waals surface area (Å²) in [6.07, 6.45) is 4.16. The van der Waals surface area contributed by atoms with E-state index in [2.05, 4.69) is 5.10 Å². The second-order valence-electron chi connectivity index (χ2n) is 5.66. The van der Waals surface area contributed by atoms with Crippen molar-refractivity contribution in [3.63, 3.8) is 0 Å². The smallest absolute Gasteiger partial charge is 0.257 e. The Balaban J connectivity index is 1.71. The molecule has 120 valence electrons. The number of hydrogen-bond donors (Lipinski definition) is 0. The van der Waals surface area contributed by atoms with Crippen LogP contribution in [0.3, 0.4) is 0 Å². The summed E-state index contributed by atoms with van der Waals surface area (Å²) in [4.78, 5) is 27.7. The van der Waals surface area contributed by atoms with Crippen LogP contribution in [0.4, 0.5) is 0 Å². The van der Waals surface area contributed by atoms with Crippen LogP contribution in [0, 0.1) is 0 Å². The predicted octanol–water partition coefficient (Wildman–Crippen LogP) is 1.57. The zero-order valence-corrected chi connectivity index (χ0v) is 13.2. The van der Waals surface area contributed by atoms with Crippen molar-refractivity contribution >= 4 is 11.8 Å².